The van der Waals surface area contributed by atoms with Gasteiger partial charge in [0.1, 0.15) is 0 Å². The van der Waals surface area contributed by atoms with Crippen molar-refractivity contribution in [3.05, 3.63) is 0 Å². The van der Waals surface area contributed by atoms with Gasteiger partial charge >= 0.3 is 0 Å². The van der Waals surface area contributed by atoms with Crippen molar-refractivity contribution in [2.75, 3.05) is 26.2 Å². The fourth-order valence-corrected chi connectivity index (χ4v) is 1.40. The fraction of sp³-hybridized carbons (Fsp3) is 1.00. The molecule has 2 rings (SSSR count). The maximum absolute atomic E-state index is 9.07. The smallest absolute Gasteiger partial charge is 0.0666 e. The summed E-state index contributed by atoms with van der Waals surface area (Å²) in [6, 6.07) is 0. The van der Waals surface area contributed by atoms with Crippen LogP contribution in [0.1, 0.15) is 12.8 Å². The third-order valence-electron chi connectivity index (χ3n) is 2.69. The van der Waals surface area contributed by atoms with Crippen LogP contribution in [0.25, 0.3) is 0 Å². The highest BCUT2D eigenvalue weighted by atomic mass is 16.3. The monoisotopic (exact) mass is 156 g/mol. The molecule has 0 unspecified atom stereocenters. The summed E-state index contributed by atoms with van der Waals surface area (Å²) in [6.45, 7) is 3.22. The molecule has 2 aliphatic rings. The molecule has 1 heterocycles. The number of aliphatic hydroxyl groups is 1. The molecule has 0 atom stereocenters. The Kier molecular flexibility index (Phi) is 1.87. The maximum Gasteiger partial charge on any atom is 0.0666 e. The molecule has 0 spiro atoms. The zero-order valence-electron chi connectivity index (χ0n) is 6.77. The number of nitrogens with one attached hydrogen (secondary N) is 2. The number of hydrogen-bond acceptors (Lipinski definition) is 3. The fourth-order valence-electron chi connectivity index (χ4n) is 1.40. The molecule has 3 nitrogen and oxygen atoms in total. The van der Waals surface area contributed by atoms with E-state index in [0.717, 1.165) is 25.6 Å². The van der Waals surface area contributed by atoms with Crippen LogP contribution in [0.2, 0.25) is 0 Å². The van der Waals surface area contributed by atoms with Gasteiger partial charge in [0.2, 0.25) is 0 Å². The molecule has 1 saturated carbocycles. The van der Waals surface area contributed by atoms with Crippen molar-refractivity contribution >= 4 is 0 Å². The van der Waals surface area contributed by atoms with Crippen LogP contribution >= 0.6 is 0 Å². The lowest BCUT2D eigenvalue weighted by Gasteiger charge is -2.42. The summed E-state index contributed by atoms with van der Waals surface area (Å²) in [4.78, 5) is 0. The van der Waals surface area contributed by atoms with Gasteiger partial charge in [-0.1, -0.05) is 0 Å². The van der Waals surface area contributed by atoms with Gasteiger partial charge in [-0.05, 0) is 25.3 Å². The summed E-state index contributed by atoms with van der Waals surface area (Å²) >= 11 is 0. The molecule has 64 valence electrons. The third-order valence-corrected chi connectivity index (χ3v) is 2.69. The van der Waals surface area contributed by atoms with Crippen LogP contribution in [0, 0.1) is 5.92 Å². The first-order valence-corrected chi connectivity index (χ1v) is 4.41. The van der Waals surface area contributed by atoms with E-state index >= 15 is 0 Å². The summed E-state index contributed by atoms with van der Waals surface area (Å²) < 4.78 is 0. The molecule has 1 aliphatic heterocycles. The van der Waals surface area contributed by atoms with Gasteiger partial charge in [0, 0.05) is 13.1 Å². The Morgan fingerprint density at radius 2 is 2.18 bits per heavy atom. The lowest BCUT2D eigenvalue weighted by Crippen LogP contribution is -2.70. The van der Waals surface area contributed by atoms with E-state index in [1.165, 1.54) is 12.8 Å². The molecule has 3 N–H and O–H groups in total. The van der Waals surface area contributed by atoms with E-state index < -0.39 is 0 Å². The van der Waals surface area contributed by atoms with Crippen molar-refractivity contribution < 1.29 is 5.11 Å². The molecule has 1 saturated heterocycles. The summed E-state index contributed by atoms with van der Waals surface area (Å²) in [5.74, 6) is 0.902. The standard InChI is InChI=1S/C8H16N2O/c11-6-8(4-9-5-8)10-3-7-1-2-7/h7,9-11H,1-6H2. The Hall–Kier alpha value is -0.120. The molecule has 0 amide bonds. The van der Waals surface area contributed by atoms with E-state index in [2.05, 4.69) is 10.6 Å². The lowest BCUT2D eigenvalue weighted by atomic mass is 9.93. The highest BCUT2D eigenvalue weighted by Crippen LogP contribution is 2.28. The molecule has 0 aromatic heterocycles. The number of rotatable bonds is 4. The lowest BCUT2D eigenvalue weighted by molar-refractivity contribution is 0.108. The van der Waals surface area contributed by atoms with Crippen molar-refractivity contribution in [2.24, 2.45) is 5.92 Å². The van der Waals surface area contributed by atoms with Crippen LogP contribution in [-0.2, 0) is 0 Å². The largest absolute Gasteiger partial charge is 0.394 e. The van der Waals surface area contributed by atoms with Crippen molar-refractivity contribution in [1.29, 1.82) is 0 Å². The van der Waals surface area contributed by atoms with Gasteiger partial charge in [0.25, 0.3) is 0 Å². The predicted octanol–water partition coefficient (Wildman–Crippen LogP) is -0.680. The first-order chi connectivity index (χ1) is 5.35. The predicted molar refractivity (Wildman–Crippen MR) is 43.4 cm³/mol. The molecular formula is C8H16N2O. The molecule has 3 heteroatoms. The Labute approximate surface area is 67.2 Å². The van der Waals surface area contributed by atoms with Gasteiger partial charge in [-0.15, -0.1) is 0 Å². The maximum atomic E-state index is 9.07. The highest BCUT2D eigenvalue weighted by molar-refractivity contribution is 5.00. The minimum absolute atomic E-state index is 0.0303. The van der Waals surface area contributed by atoms with E-state index in [4.69, 9.17) is 5.11 Å². The zero-order chi connectivity index (χ0) is 7.73. The Morgan fingerprint density at radius 3 is 2.55 bits per heavy atom. The van der Waals surface area contributed by atoms with Crippen LogP contribution < -0.4 is 10.6 Å². The normalized spacial score (nSPS) is 28.1. The second-order valence-corrected chi connectivity index (χ2v) is 3.87. The van der Waals surface area contributed by atoms with E-state index in [1.807, 2.05) is 0 Å². The molecule has 0 aromatic rings. The average Bonchev–Trinajstić information content (AvgIpc) is 2.70. The van der Waals surface area contributed by atoms with Crippen LogP contribution in [0.3, 0.4) is 0 Å². The van der Waals surface area contributed by atoms with Gasteiger partial charge in [-0.25, -0.2) is 0 Å². The molecule has 0 radical (unpaired) electrons. The second-order valence-electron chi connectivity index (χ2n) is 3.87. The SMILES string of the molecule is OCC1(NCC2CC2)CNC1. The van der Waals surface area contributed by atoms with Crippen molar-refractivity contribution in [2.45, 2.75) is 18.4 Å². The van der Waals surface area contributed by atoms with Crippen molar-refractivity contribution in [3.8, 4) is 0 Å². The van der Waals surface area contributed by atoms with E-state index in [9.17, 15) is 0 Å². The van der Waals surface area contributed by atoms with Crippen molar-refractivity contribution in [1.82, 2.24) is 10.6 Å². The Balaban J connectivity index is 1.72. The van der Waals surface area contributed by atoms with E-state index in [1.54, 1.807) is 0 Å². The first kappa shape index (κ1) is 7.53. The summed E-state index contributed by atoms with van der Waals surface area (Å²) in [6.07, 6.45) is 2.75. The molecular weight excluding hydrogens is 140 g/mol. The third kappa shape index (κ3) is 1.55. The summed E-state index contributed by atoms with van der Waals surface area (Å²) in [5.41, 5.74) is 0.0303. The molecule has 0 bridgehead atoms. The van der Waals surface area contributed by atoms with Crippen LogP contribution in [0.15, 0.2) is 0 Å². The van der Waals surface area contributed by atoms with E-state index in [-0.39, 0.29) is 12.1 Å². The number of hydrogen-bond donors (Lipinski definition) is 3. The zero-order valence-corrected chi connectivity index (χ0v) is 6.77. The average molecular weight is 156 g/mol. The molecule has 11 heavy (non-hydrogen) atoms. The van der Waals surface area contributed by atoms with Gasteiger partial charge < -0.3 is 15.7 Å². The van der Waals surface area contributed by atoms with Crippen molar-refractivity contribution in [3.63, 3.8) is 0 Å². The topological polar surface area (TPSA) is 44.3 Å². The van der Waals surface area contributed by atoms with Gasteiger partial charge in [-0.3, -0.25) is 0 Å². The Bertz CT molecular complexity index is 136. The highest BCUT2D eigenvalue weighted by Gasteiger charge is 2.37. The molecule has 2 fully saturated rings. The van der Waals surface area contributed by atoms with Crippen LogP contribution in [0.4, 0.5) is 0 Å². The van der Waals surface area contributed by atoms with E-state index in [0.29, 0.717) is 0 Å². The molecule has 1 aliphatic carbocycles. The minimum atomic E-state index is 0.0303. The van der Waals surface area contributed by atoms with Gasteiger partial charge in [-0.2, -0.15) is 0 Å². The second kappa shape index (κ2) is 2.73. The quantitative estimate of drug-likeness (QED) is 0.505. The van der Waals surface area contributed by atoms with Crippen LogP contribution in [-0.4, -0.2) is 36.9 Å². The molecule has 0 aromatic carbocycles. The first-order valence-electron chi connectivity index (χ1n) is 4.41. The Morgan fingerprint density at radius 1 is 1.45 bits per heavy atom. The summed E-state index contributed by atoms with van der Waals surface area (Å²) in [7, 11) is 0. The minimum Gasteiger partial charge on any atom is -0.394 e. The van der Waals surface area contributed by atoms with Crippen LogP contribution in [0.5, 0.6) is 0 Å². The number of aliphatic hydroxyl groups excluding tert-OH is 1. The van der Waals surface area contributed by atoms with Gasteiger partial charge in [0.05, 0.1) is 12.1 Å². The summed E-state index contributed by atoms with van der Waals surface area (Å²) in [5, 5.41) is 15.7. The van der Waals surface area contributed by atoms with Gasteiger partial charge in [0.15, 0.2) is 0 Å².